The van der Waals surface area contributed by atoms with Crippen molar-refractivity contribution in [3.8, 4) is 11.5 Å². The fraction of sp³-hybridized carbons (Fsp3) is 0.417. The fourth-order valence-electron chi connectivity index (χ4n) is 1.58. The van der Waals surface area contributed by atoms with Gasteiger partial charge in [0, 0.05) is 19.8 Å². The van der Waals surface area contributed by atoms with Gasteiger partial charge in [-0.15, -0.1) is 0 Å². The highest BCUT2D eigenvalue weighted by Gasteiger charge is 2.17. The van der Waals surface area contributed by atoms with Gasteiger partial charge in [-0.3, -0.25) is 4.79 Å². The third-order valence-corrected chi connectivity index (χ3v) is 2.38. The van der Waals surface area contributed by atoms with E-state index in [2.05, 4.69) is 0 Å². The third-order valence-electron chi connectivity index (χ3n) is 2.38. The molecule has 0 spiro atoms. The molecule has 17 heavy (non-hydrogen) atoms. The van der Waals surface area contributed by atoms with Crippen molar-refractivity contribution in [1.29, 1.82) is 0 Å². The van der Waals surface area contributed by atoms with Crippen molar-refractivity contribution in [3.63, 3.8) is 0 Å². The van der Waals surface area contributed by atoms with E-state index in [1.54, 1.807) is 12.1 Å². The van der Waals surface area contributed by atoms with Crippen LogP contribution in [0.1, 0.15) is 22.2 Å². The lowest BCUT2D eigenvalue weighted by Gasteiger charge is -2.17. The van der Waals surface area contributed by atoms with Gasteiger partial charge in [-0.1, -0.05) is 0 Å². The molecule has 0 N–H and O–H groups in total. The standard InChI is InChI=1S/C12H16O5/c1-14-10-5-8(12(16-3)17-4)6-11(15-2)9(10)7-13/h5-7,12H,1-4H3. The zero-order valence-electron chi connectivity index (χ0n) is 10.4. The summed E-state index contributed by atoms with van der Waals surface area (Å²) in [4.78, 5) is 11.0. The van der Waals surface area contributed by atoms with Crippen LogP contribution in [0, 0.1) is 0 Å². The molecular weight excluding hydrogens is 224 g/mol. The summed E-state index contributed by atoms with van der Waals surface area (Å²) in [6, 6.07) is 3.37. The highest BCUT2D eigenvalue weighted by Crippen LogP contribution is 2.32. The third kappa shape index (κ3) is 2.75. The zero-order chi connectivity index (χ0) is 12.8. The summed E-state index contributed by atoms with van der Waals surface area (Å²) >= 11 is 0. The van der Waals surface area contributed by atoms with E-state index in [1.165, 1.54) is 28.4 Å². The van der Waals surface area contributed by atoms with E-state index in [0.717, 1.165) is 0 Å². The van der Waals surface area contributed by atoms with Crippen molar-refractivity contribution in [2.45, 2.75) is 6.29 Å². The second kappa shape index (κ2) is 6.22. The van der Waals surface area contributed by atoms with Gasteiger partial charge in [0.15, 0.2) is 12.6 Å². The van der Waals surface area contributed by atoms with E-state index in [9.17, 15) is 4.79 Å². The van der Waals surface area contributed by atoms with Crippen molar-refractivity contribution in [1.82, 2.24) is 0 Å². The second-order valence-corrected chi connectivity index (χ2v) is 3.26. The van der Waals surface area contributed by atoms with E-state index in [-0.39, 0.29) is 0 Å². The van der Waals surface area contributed by atoms with E-state index in [4.69, 9.17) is 18.9 Å². The number of rotatable bonds is 6. The summed E-state index contributed by atoms with van der Waals surface area (Å²) in [6.45, 7) is 0. The van der Waals surface area contributed by atoms with Crippen molar-refractivity contribution >= 4 is 6.29 Å². The molecule has 0 aliphatic carbocycles. The highest BCUT2D eigenvalue weighted by atomic mass is 16.7. The van der Waals surface area contributed by atoms with Crippen LogP contribution in [-0.2, 0) is 9.47 Å². The quantitative estimate of drug-likeness (QED) is 0.560. The molecule has 0 atom stereocenters. The molecule has 94 valence electrons. The molecule has 1 aromatic rings. The summed E-state index contributed by atoms with van der Waals surface area (Å²) in [5.74, 6) is 0.849. The van der Waals surface area contributed by atoms with Crippen LogP contribution < -0.4 is 9.47 Å². The highest BCUT2D eigenvalue weighted by molar-refractivity contribution is 5.84. The van der Waals surface area contributed by atoms with Gasteiger partial charge in [0.2, 0.25) is 0 Å². The Labute approximate surface area is 100 Å². The van der Waals surface area contributed by atoms with Crippen LogP contribution in [0.2, 0.25) is 0 Å². The number of methoxy groups -OCH3 is 4. The maximum atomic E-state index is 11.0. The van der Waals surface area contributed by atoms with Crippen molar-refractivity contribution in [2.75, 3.05) is 28.4 Å². The first-order valence-corrected chi connectivity index (χ1v) is 4.98. The van der Waals surface area contributed by atoms with Crippen LogP contribution in [0.5, 0.6) is 11.5 Å². The first kappa shape index (κ1) is 13.5. The van der Waals surface area contributed by atoms with Gasteiger partial charge < -0.3 is 18.9 Å². The van der Waals surface area contributed by atoms with Crippen LogP contribution in [0.25, 0.3) is 0 Å². The minimum absolute atomic E-state index is 0.365. The van der Waals surface area contributed by atoms with Crippen LogP contribution in [-0.4, -0.2) is 34.7 Å². The molecule has 0 bridgehead atoms. The van der Waals surface area contributed by atoms with Crippen molar-refractivity contribution in [2.24, 2.45) is 0 Å². The monoisotopic (exact) mass is 240 g/mol. The van der Waals surface area contributed by atoms with Crippen LogP contribution in [0.3, 0.4) is 0 Å². The first-order valence-electron chi connectivity index (χ1n) is 4.98. The number of hydrogen-bond acceptors (Lipinski definition) is 5. The summed E-state index contributed by atoms with van der Waals surface area (Å²) in [7, 11) is 6.03. The van der Waals surface area contributed by atoms with Gasteiger partial charge in [-0.05, 0) is 12.1 Å². The van der Waals surface area contributed by atoms with Gasteiger partial charge in [0.25, 0.3) is 0 Å². The van der Waals surface area contributed by atoms with E-state index in [1.807, 2.05) is 0 Å². The van der Waals surface area contributed by atoms with Crippen molar-refractivity contribution in [3.05, 3.63) is 23.3 Å². The number of aldehydes is 1. The van der Waals surface area contributed by atoms with Crippen LogP contribution >= 0.6 is 0 Å². The lowest BCUT2D eigenvalue weighted by molar-refractivity contribution is -0.106. The summed E-state index contributed by atoms with van der Waals surface area (Å²) in [6.07, 6.45) is 0.161. The SMILES string of the molecule is COc1cc(C(OC)OC)cc(OC)c1C=O. The van der Waals surface area contributed by atoms with Crippen LogP contribution in [0.15, 0.2) is 12.1 Å². The molecule has 0 fully saturated rings. The number of benzene rings is 1. The molecule has 1 aromatic carbocycles. The lowest BCUT2D eigenvalue weighted by atomic mass is 10.1. The molecule has 0 heterocycles. The Hall–Kier alpha value is -1.59. The smallest absolute Gasteiger partial charge is 0.183 e. The Morgan fingerprint density at radius 1 is 1.00 bits per heavy atom. The Bertz CT molecular complexity index is 359. The summed E-state index contributed by atoms with van der Waals surface area (Å²) < 4.78 is 20.5. The molecule has 0 saturated carbocycles. The van der Waals surface area contributed by atoms with Gasteiger partial charge in [-0.25, -0.2) is 0 Å². The van der Waals surface area contributed by atoms with Gasteiger partial charge in [-0.2, -0.15) is 0 Å². The number of carbonyl (C=O) groups excluding carboxylic acids is 1. The summed E-state index contributed by atoms with van der Waals surface area (Å²) in [5.41, 5.74) is 1.08. The maximum Gasteiger partial charge on any atom is 0.183 e. The van der Waals surface area contributed by atoms with Crippen molar-refractivity contribution < 1.29 is 23.7 Å². The van der Waals surface area contributed by atoms with Gasteiger partial charge in [0.1, 0.15) is 11.5 Å². The zero-order valence-corrected chi connectivity index (χ0v) is 10.4. The molecule has 0 aromatic heterocycles. The van der Waals surface area contributed by atoms with Gasteiger partial charge in [0.05, 0.1) is 19.8 Å². The molecule has 0 aliphatic rings. The van der Waals surface area contributed by atoms with E-state index >= 15 is 0 Å². The van der Waals surface area contributed by atoms with Gasteiger partial charge >= 0.3 is 0 Å². The molecule has 0 amide bonds. The van der Waals surface area contributed by atoms with E-state index in [0.29, 0.717) is 28.9 Å². The predicted molar refractivity (Wildman–Crippen MR) is 61.7 cm³/mol. The van der Waals surface area contributed by atoms with E-state index < -0.39 is 6.29 Å². The molecular formula is C12H16O5. The first-order chi connectivity index (χ1) is 8.21. The number of carbonyl (C=O) groups is 1. The average molecular weight is 240 g/mol. The molecule has 0 saturated heterocycles. The minimum Gasteiger partial charge on any atom is -0.496 e. The Balaban J connectivity index is 3.30. The Kier molecular flexibility index (Phi) is 4.93. The van der Waals surface area contributed by atoms with Crippen LogP contribution in [0.4, 0.5) is 0 Å². The lowest BCUT2D eigenvalue weighted by Crippen LogP contribution is -2.06. The largest absolute Gasteiger partial charge is 0.496 e. The molecule has 0 unspecified atom stereocenters. The minimum atomic E-state index is -0.529. The molecule has 0 radical (unpaired) electrons. The molecule has 5 nitrogen and oxygen atoms in total. The second-order valence-electron chi connectivity index (χ2n) is 3.26. The summed E-state index contributed by atoms with van der Waals surface area (Å²) in [5, 5.41) is 0. The predicted octanol–water partition coefficient (Wildman–Crippen LogP) is 1.81. The number of ether oxygens (including phenoxy) is 4. The average Bonchev–Trinajstić information content (AvgIpc) is 2.38. The molecule has 5 heteroatoms. The Morgan fingerprint density at radius 3 is 1.76 bits per heavy atom. The topological polar surface area (TPSA) is 54.0 Å². The molecule has 0 aliphatic heterocycles. The normalized spacial score (nSPS) is 10.4. The number of hydrogen-bond donors (Lipinski definition) is 0. The Morgan fingerprint density at radius 2 is 1.47 bits per heavy atom. The molecule has 1 rings (SSSR count). The maximum absolute atomic E-state index is 11.0. The fourth-order valence-corrected chi connectivity index (χ4v) is 1.58.